The summed E-state index contributed by atoms with van der Waals surface area (Å²) in [4.78, 5) is 27.3. The van der Waals surface area contributed by atoms with Crippen molar-refractivity contribution in [3.05, 3.63) is 52.8 Å². The average Bonchev–Trinajstić information content (AvgIpc) is 2.52. The van der Waals surface area contributed by atoms with Gasteiger partial charge in [-0.2, -0.15) is 0 Å². The molecule has 0 atom stereocenters. The van der Waals surface area contributed by atoms with Crippen LogP contribution in [0.1, 0.15) is 10.4 Å². The fraction of sp³-hybridized carbons (Fsp3) is 0.0714. The van der Waals surface area contributed by atoms with Gasteiger partial charge in [0.25, 0.3) is 5.91 Å². The van der Waals surface area contributed by atoms with E-state index >= 15 is 0 Å². The zero-order valence-corrected chi connectivity index (χ0v) is 14.5. The van der Waals surface area contributed by atoms with E-state index in [9.17, 15) is 18.0 Å². The molecule has 1 amide bonds. The van der Waals surface area contributed by atoms with Crippen LogP contribution in [0.2, 0.25) is 0 Å². The van der Waals surface area contributed by atoms with Gasteiger partial charge in [0, 0.05) is 22.6 Å². The Bertz CT molecular complexity index is 868. The first-order valence-electron chi connectivity index (χ1n) is 6.46. The minimum absolute atomic E-state index is 0.0749. The van der Waals surface area contributed by atoms with Crippen LogP contribution in [0.5, 0.6) is 0 Å². The minimum atomic E-state index is -3.80. The Morgan fingerprint density at radius 3 is 2.46 bits per heavy atom. The van der Waals surface area contributed by atoms with Crippen molar-refractivity contribution in [3.63, 3.8) is 0 Å². The second kappa shape index (κ2) is 7.51. The summed E-state index contributed by atoms with van der Waals surface area (Å²) in [7, 11) is -3.80. The molecule has 10 heteroatoms. The van der Waals surface area contributed by atoms with Crippen molar-refractivity contribution in [1.82, 2.24) is 4.98 Å². The monoisotopic (exact) mass is 413 g/mol. The van der Waals surface area contributed by atoms with Crippen LogP contribution in [-0.4, -0.2) is 31.9 Å². The third-order valence-electron chi connectivity index (χ3n) is 2.74. The van der Waals surface area contributed by atoms with Crippen LogP contribution in [-0.2, 0) is 19.6 Å². The van der Waals surface area contributed by atoms with Crippen LogP contribution >= 0.6 is 15.9 Å². The number of carbonyl (C=O) groups is 2. The summed E-state index contributed by atoms with van der Waals surface area (Å²) in [6, 6.07) is 6.77. The number of benzene rings is 1. The molecule has 0 radical (unpaired) electrons. The standard InChI is InChI=1S/C14H12BrN3O5S/c15-10-5-9(6-17-7-10)14(20)23-8-13(19)18-11-1-3-12(4-2-11)24(16,21)22/h1-7H,8H2,(H,18,19)(H2,16,21,22). The number of sulfonamides is 1. The second-order valence-corrected chi connectivity index (χ2v) is 7.06. The molecule has 1 heterocycles. The molecule has 1 aromatic carbocycles. The minimum Gasteiger partial charge on any atom is -0.452 e. The number of amides is 1. The van der Waals surface area contributed by atoms with Gasteiger partial charge in [-0.1, -0.05) is 0 Å². The molecule has 0 spiro atoms. The van der Waals surface area contributed by atoms with E-state index in [-0.39, 0.29) is 10.5 Å². The Balaban J connectivity index is 1.90. The zero-order chi connectivity index (χ0) is 17.7. The van der Waals surface area contributed by atoms with Gasteiger partial charge in [-0.3, -0.25) is 9.78 Å². The van der Waals surface area contributed by atoms with Crippen molar-refractivity contribution >= 4 is 43.5 Å². The van der Waals surface area contributed by atoms with Crippen molar-refractivity contribution in [2.75, 3.05) is 11.9 Å². The van der Waals surface area contributed by atoms with Crippen LogP contribution < -0.4 is 10.5 Å². The maximum atomic E-state index is 11.8. The predicted molar refractivity (Wildman–Crippen MR) is 88.7 cm³/mol. The number of primary sulfonamides is 1. The third kappa shape index (κ3) is 5.11. The smallest absolute Gasteiger partial charge is 0.340 e. The van der Waals surface area contributed by atoms with Crippen LogP contribution in [0.15, 0.2) is 52.1 Å². The molecule has 8 nitrogen and oxygen atoms in total. The topological polar surface area (TPSA) is 128 Å². The van der Waals surface area contributed by atoms with E-state index in [1.807, 2.05) is 0 Å². The normalized spacial score (nSPS) is 10.9. The van der Waals surface area contributed by atoms with Gasteiger partial charge in [-0.05, 0) is 46.3 Å². The number of esters is 1. The molecule has 0 aliphatic carbocycles. The molecule has 2 aromatic rings. The summed E-state index contributed by atoms with van der Waals surface area (Å²) in [6.07, 6.45) is 2.83. The highest BCUT2D eigenvalue weighted by Crippen LogP contribution is 2.13. The lowest BCUT2D eigenvalue weighted by molar-refractivity contribution is -0.119. The predicted octanol–water partition coefficient (Wildman–Crippen LogP) is 1.29. The van der Waals surface area contributed by atoms with Gasteiger partial charge in [0.15, 0.2) is 6.61 Å². The fourth-order valence-corrected chi connectivity index (χ4v) is 2.54. The van der Waals surface area contributed by atoms with E-state index < -0.39 is 28.5 Å². The van der Waals surface area contributed by atoms with E-state index in [2.05, 4.69) is 26.2 Å². The number of aromatic nitrogens is 1. The Morgan fingerprint density at radius 1 is 1.21 bits per heavy atom. The summed E-state index contributed by atoms with van der Waals surface area (Å²) >= 11 is 3.17. The second-order valence-electron chi connectivity index (χ2n) is 4.59. The van der Waals surface area contributed by atoms with Gasteiger partial charge in [-0.25, -0.2) is 18.4 Å². The Hall–Kier alpha value is -2.30. The molecule has 0 unspecified atom stereocenters. The van der Waals surface area contributed by atoms with Crippen molar-refractivity contribution < 1.29 is 22.7 Å². The molecule has 0 aliphatic heterocycles. The lowest BCUT2D eigenvalue weighted by atomic mass is 10.3. The number of pyridine rings is 1. The molecule has 0 saturated carbocycles. The molecule has 0 bridgehead atoms. The lowest BCUT2D eigenvalue weighted by Crippen LogP contribution is -2.21. The highest BCUT2D eigenvalue weighted by molar-refractivity contribution is 9.10. The highest BCUT2D eigenvalue weighted by Gasteiger charge is 2.12. The van der Waals surface area contributed by atoms with Crippen LogP contribution in [0, 0.1) is 0 Å². The zero-order valence-electron chi connectivity index (χ0n) is 12.1. The Labute approximate surface area is 146 Å². The van der Waals surface area contributed by atoms with Crippen LogP contribution in [0.25, 0.3) is 0 Å². The molecule has 0 aliphatic rings. The van der Waals surface area contributed by atoms with Crippen LogP contribution in [0.3, 0.4) is 0 Å². The van der Waals surface area contributed by atoms with Crippen molar-refractivity contribution in [2.45, 2.75) is 4.90 Å². The Morgan fingerprint density at radius 2 is 1.88 bits per heavy atom. The van der Waals surface area contributed by atoms with Crippen molar-refractivity contribution in [2.24, 2.45) is 5.14 Å². The van der Waals surface area contributed by atoms with Gasteiger partial charge < -0.3 is 10.1 Å². The number of hydrogen-bond donors (Lipinski definition) is 2. The van der Waals surface area contributed by atoms with Gasteiger partial charge >= 0.3 is 5.97 Å². The molecule has 0 fully saturated rings. The summed E-state index contributed by atoms with van der Waals surface area (Å²) in [5, 5.41) is 7.44. The SMILES string of the molecule is NS(=O)(=O)c1ccc(NC(=O)COC(=O)c2cncc(Br)c2)cc1. The van der Waals surface area contributed by atoms with Crippen LogP contribution in [0.4, 0.5) is 5.69 Å². The number of halogens is 1. The molecule has 24 heavy (non-hydrogen) atoms. The fourth-order valence-electron chi connectivity index (χ4n) is 1.66. The molecule has 126 valence electrons. The largest absolute Gasteiger partial charge is 0.452 e. The summed E-state index contributed by atoms with van der Waals surface area (Å²) in [5.74, 6) is -1.27. The number of anilines is 1. The number of nitrogens with two attached hydrogens (primary N) is 1. The Kier molecular flexibility index (Phi) is 5.65. The number of nitrogens with one attached hydrogen (secondary N) is 1. The quantitative estimate of drug-likeness (QED) is 0.710. The molecular weight excluding hydrogens is 402 g/mol. The molecular formula is C14H12BrN3O5S. The van der Waals surface area contributed by atoms with E-state index in [0.29, 0.717) is 10.2 Å². The highest BCUT2D eigenvalue weighted by atomic mass is 79.9. The molecule has 0 saturated heterocycles. The van der Waals surface area contributed by atoms with Gasteiger partial charge in [-0.15, -0.1) is 0 Å². The summed E-state index contributed by atoms with van der Waals surface area (Å²) < 4.78 is 27.7. The summed E-state index contributed by atoms with van der Waals surface area (Å²) in [5.41, 5.74) is 0.544. The van der Waals surface area contributed by atoms with E-state index in [1.165, 1.54) is 42.7 Å². The first kappa shape index (κ1) is 18.0. The number of nitrogens with zero attached hydrogens (tertiary/aromatic N) is 1. The van der Waals surface area contributed by atoms with E-state index in [0.717, 1.165) is 0 Å². The molecule has 1 aromatic heterocycles. The number of carbonyl (C=O) groups excluding carboxylic acids is 2. The van der Waals surface area contributed by atoms with Gasteiger partial charge in [0.05, 0.1) is 10.5 Å². The van der Waals surface area contributed by atoms with Crippen molar-refractivity contribution in [1.29, 1.82) is 0 Å². The van der Waals surface area contributed by atoms with E-state index in [4.69, 9.17) is 9.88 Å². The number of rotatable bonds is 5. The van der Waals surface area contributed by atoms with E-state index in [1.54, 1.807) is 0 Å². The molecule has 3 N–H and O–H groups in total. The number of ether oxygens (including phenoxy) is 1. The van der Waals surface area contributed by atoms with Gasteiger partial charge in [0.1, 0.15) is 0 Å². The maximum Gasteiger partial charge on any atom is 0.340 e. The van der Waals surface area contributed by atoms with Crippen molar-refractivity contribution in [3.8, 4) is 0 Å². The lowest BCUT2D eigenvalue weighted by Gasteiger charge is -2.07. The summed E-state index contributed by atoms with van der Waals surface area (Å²) in [6.45, 7) is -0.498. The average molecular weight is 414 g/mol. The first-order chi connectivity index (χ1) is 11.3. The first-order valence-corrected chi connectivity index (χ1v) is 8.80. The third-order valence-corrected chi connectivity index (χ3v) is 4.10. The van der Waals surface area contributed by atoms with Gasteiger partial charge in [0.2, 0.25) is 10.0 Å². The number of hydrogen-bond acceptors (Lipinski definition) is 6. The maximum absolute atomic E-state index is 11.8. The molecule has 2 rings (SSSR count).